The number of carbonyl (C=O) groups excluding carboxylic acids is 2. The molecule has 1 aromatic rings. The number of aryl methyl sites for hydroxylation is 1. The largest absolute Gasteiger partial charge is 0.460 e. The highest BCUT2D eigenvalue weighted by atomic mass is 16.6. The molecule has 0 bridgehead atoms. The van der Waals surface area contributed by atoms with Crippen LogP contribution in [0.5, 0.6) is 0 Å². The predicted octanol–water partition coefficient (Wildman–Crippen LogP) is 3.60. The van der Waals surface area contributed by atoms with Crippen molar-refractivity contribution in [2.24, 2.45) is 0 Å². The van der Waals surface area contributed by atoms with E-state index in [1.54, 1.807) is 0 Å². The summed E-state index contributed by atoms with van der Waals surface area (Å²) in [6.07, 6.45) is 5.08. The number of nitrogens with one attached hydrogen (secondary N) is 1. The molecule has 1 aliphatic carbocycles. The Balaban J connectivity index is 1.77. The molecule has 24 heavy (non-hydrogen) atoms. The topological polar surface area (TPSA) is 64.6 Å². The molecule has 5 heteroatoms. The number of hydrogen-bond acceptors (Lipinski definition) is 4. The molecule has 0 radical (unpaired) electrons. The molecule has 0 saturated heterocycles. The van der Waals surface area contributed by atoms with Gasteiger partial charge in [0.25, 0.3) is 0 Å². The summed E-state index contributed by atoms with van der Waals surface area (Å²) in [6.45, 7) is 3.65. The van der Waals surface area contributed by atoms with Gasteiger partial charge in [0.2, 0.25) is 5.91 Å². The lowest BCUT2D eigenvalue weighted by Gasteiger charge is -2.24. The average Bonchev–Trinajstić information content (AvgIpc) is 2.56. The maximum absolute atomic E-state index is 12.2. The number of rotatable bonds is 7. The van der Waals surface area contributed by atoms with Crippen LogP contribution in [0.1, 0.15) is 51.0 Å². The van der Waals surface area contributed by atoms with Crippen LogP contribution in [0.4, 0.5) is 5.69 Å². The summed E-state index contributed by atoms with van der Waals surface area (Å²) < 4.78 is 11.0. The van der Waals surface area contributed by atoms with E-state index in [0.717, 1.165) is 36.9 Å². The Labute approximate surface area is 143 Å². The molecule has 0 heterocycles. The second-order valence-corrected chi connectivity index (χ2v) is 6.32. The smallest absolute Gasteiger partial charge is 0.335 e. The van der Waals surface area contributed by atoms with Crippen LogP contribution in [-0.4, -0.2) is 30.7 Å². The fraction of sp³-hybridized carbons (Fsp3) is 0.579. The number of esters is 1. The zero-order valence-electron chi connectivity index (χ0n) is 14.5. The van der Waals surface area contributed by atoms with E-state index in [2.05, 4.69) is 5.32 Å². The molecular weight excluding hydrogens is 306 g/mol. The number of hydrogen-bond donors (Lipinski definition) is 1. The first-order valence-electron chi connectivity index (χ1n) is 8.77. The zero-order valence-corrected chi connectivity index (χ0v) is 14.5. The van der Waals surface area contributed by atoms with Crippen LogP contribution in [0.2, 0.25) is 0 Å². The molecule has 5 nitrogen and oxygen atoms in total. The van der Waals surface area contributed by atoms with Gasteiger partial charge in [-0.2, -0.15) is 0 Å². The van der Waals surface area contributed by atoms with E-state index in [9.17, 15) is 9.59 Å². The predicted molar refractivity (Wildman–Crippen MR) is 92.8 cm³/mol. The number of ether oxygens (including phenoxy) is 2. The second kappa shape index (κ2) is 9.42. The second-order valence-electron chi connectivity index (χ2n) is 6.32. The maximum atomic E-state index is 12.2. The zero-order chi connectivity index (χ0) is 17.4. The standard InChI is InChI=1S/C19H27NO4/c1-3-17(19(22)24-16-10-5-4-6-11-16)23-13-18(21)20-15-9-7-8-14(2)12-15/h7-9,12,16-17H,3-6,10-11,13H2,1-2H3,(H,20,21). The Morgan fingerprint density at radius 3 is 2.67 bits per heavy atom. The fourth-order valence-electron chi connectivity index (χ4n) is 2.87. The SMILES string of the molecule is CCC(OCC(=O)Nc1cccc(C)c1)C(=O)OC1CCCCC1. The minimum absolute atomic E-state index is 0.00465. The van der Waals surface area contributed by atoms with Gasteiger partial charge in [0.15, 0.2) is 6.10 Å². The van der Waals surface area contributed by atoms with Gasteiger partial charge in [-0.05, 0) is 56.7 Å². The lowest BCUT2D eigenvalue weighted by molar-refractivity contribution is -0.164. The number of anilines is 1. The average molecular weight is 333 g/mol. The summed E-state index contributed by atoms with van der Waals surface area (Å²) >= 11 is 0. The van der Waals surface area contributed by atoms with Crippen molar-refractivity contribution in [2.75, 3.05) is 11.9 Å². The van der Waals surface area contributed by atoms with Gasteiger partial charge in [-0.1, -0.05) is 25.5 Å². The van der Waals surface area contributed by atoms with Crippen LogP contribution in [0.25, 0.3) is 0 Å². The molecule has 0 spiro atoms. The van der Waals surface area contributed by atoms with E-state index in [1.807, 2.05) is 38.1 Å². The molecule has 0 aliphatic heterocycles. The van der Waals surface area contributed by atoms with Crippen molar-refractivity contribution in [3.63, 3.8) is 0 Å². The molecule has 1 unspecified atom stereocenters. The molecule has 1 N–H and O–H groups in total. The van der Waals surface area contributed by atoms with Crippen molar-refractivity contribution in [1.82, 2.24) is 0 Å². The van der Waals surface area contributed by atoms with Crippen molar-refractivity contribution in [3.8, 4) is 0 Å². The Hall–Kier alpha value is -1.88. The minimum atomic E-state index is -0.685. The van der Waals surface area contributed by atoms with Crippen LogP contribution in [0.15, 0.2) is 24.3 Å². The van der Waals surface area contributed by atoms with E-state index in [1.165, 1.54) is 6.42 Å². The first kappa shape index (κ1) is 18.5. The molecule has 1 aliphatic rings. The highest BCUT2D eigenvalue weighted by molar-refractivity contribution is 5.92. The summed E-state index contributed by atoms with van der Waals surface area (Å²) in [7, 11) is 0. The van der Waals surface area contributed by atoms with E-state index in [4.69, 9.17) is 9.47 Å². The fourth-order valence-corrected chi connectivity index (χ4v) is 2.87. The van der Waals surface area contributed by atoms with Crippen LogP contribution in [-0.2, 0) is 19.1 Å². The van der Waals surface area contributed by atoms with Crippen molar-refractivity contribution in [1.29, 1.82) is 0 Å². The van der Waals surface area contributed by atoms with Gasteiger partial charge in [-0.3, -0.25) is 4.79 Å². The van der Waals surface area contributed by atoms with Gasteiger partial charge in [0.05, 0.1) is 0 Å². The van der Waals surface area contributed by atoms with Gasteiger partial charge in [0, 0.05) is 5.69 Å². The highest BCUT2D eigenvalue weighted by Crippen LogP contribution is 2.21. The summed E-state index contributed by atoms with van der Waals surface area (Å²) in [5.74, 6) is -0.628. The Morgan fingerprint density at radius 2 is 2.00 bits per heavy atom. The molecule has 1 amide bonds. The van der Waals surface area contributed by atoms with Crippen LogP contribution in [0, 0.1) is 6.92 Å². The lowest BCUT2D eigenvalue weighted by atomic mass is 9.98. The third-order valence-electron chi connectivity index (χ3n) is 4.19. The first-order valence-corrected chi connectivity index (χ1v) is 8.77. The number of carbonyl (C=O) groups is 2. The molecule has 0 aromatic heterocycles. The Bertz CT molecular complexity index is 552. The van der Waals surface area contributed by atoms with Crippen LogP contribution >= 0.6 is 0 Å². The van der Waals surface area contributed by atoms with E-state index in [0.29, 0.717) is 6.42 Å². The first-order chi connectivity index (χ1) is 11.6. The highest BCUT2D eigenvalue weighted by Gasteiger charge is 2.24. The third kappa shape index (κ3) is 5.96. The van der Waals surface area contributed by atoms with Gasteiger partial charge >= 0.3 is 5.97 Å². The molecule has 1 aromatic carbocycles. The number of amides is 1. The van der Waals surface area contributed by atoms with Crippen molar-refractivity contribution in [2.45, 2.75) is 64.6 Å². The molecule has 132 valence electrons. The van der Waals surface area contributed by atoms with E-state index in [-0.39, 0.29) is 24.6 Å². The summed E-state index contributed by atoms with van der Waals surface area (Å²) in [4.78, 5) is 24.1. The molecule has 1 fully saturated rings. The van der Waals surface area contributed by atoms with E-state index >= 15 is 0 Å². The summed E-state index contributed by atoms with van der Waals surface area (Å²) in [5.41, 5.74) is 1.79. The Morgan fingerprint density at radius 1 is 1.25 bits per heavy atom. The van der Waals surface area contributed by atoms with Crippen LogP contribution in [0.3, 0.4) is 0 Å². The Kier molecular flexibility index (Phi) is 7.25. The van der Waals surface area contributed by atoms with E-state index < -0.39 is 6.10 Å². The van der Waals surface area contributed by atoms with Gasteiger partial charge in [-0.15, -0.1) is 0 Å². The monoisotopic (exact) mass is 333 g/mol. The third-order valence-corrected chi connectivity index (χ3v) is 4.19. The van der Waals surface area contributed by atoms with Crippen molar-refractivity contribution >= 4 is 17.6 Å². The van der Waals surface area contributed by atoms with Crippen LogP contribution < -0.4 is 5.32 Å². The molecule has 1 saturated carbocycles. The minimum Gasteiger partial charge on any atom is -0.460 e. The molecule has 1 atom stereocenters. The lowest BCUT2D eigenvalue weighted by Crippen LogP contribution is -2.33. The van der Waals surface area contributed by atoms with Crippen molar-refractivity contribution < 1.29 is 19.1 Å². The van der Waals surface area contributed by atoms with Gasteiger partial charge in [-0.25, -0.2) is 4.79 Å². The molecular formula is C19H27NO4. The normalized spacial score (nSPS) is 16.4. The quantitative estimate of drug-likeness (QED) is 0.774. The number of benzene rings is 1. The maximum Gasteiger partial charge on any atom is 0.335 e. The van der Waals surface area contributed by atoms with Gasteiger partial charge in [0.1, 0.15) is 12.7 Å². The summed E-state index contributed by atoms with van der Waals surface area (Å²) in [5, 5.41) is 2.77. The molecule has 2 rings (SSSR count). The van der Waals surface area contributed by atoms with Crippen molar-refractivity contribution in [3.05, 3.63) is 29.8 Å². The summed E-state index contributed by atoms with van der Waals surface area (Å²) in [6, 6.07) is 7.54. The van der Waals surface area contributed by atoms with Gasteiger partial charge < -0.3 is 14.8 Å².